The van der Waals surface area contributed by atoms with Crippen LogP contribution < -0.4 is 10.6 Å². The van der Waals surface area contributed by atoms with Gasteiger partial charge in [-0.3, -0.25) is 0 Å². The van der Waals surface area contributed by atoms with Gasteiger partial charge in [-0.25, -0.2) is 4.99 Å². The van der Waals surface area contributed by atoms with Crippen molar-refractivity contribution in [3.05, 3.63) is 12.2 Å². The first-order valence-corrected chi connectivity index (χ1v) is 7.81. The number of hydrogen-bond acceptors (Lipinski definition) is 4. The van der Waals surface area contributed by atoms with Gasteiger partial charge in [0.15, 0.2) is 11.8 Å². The Bertz CT molecular complexity index is 410. The van der Waals surface area contributed by atoms with Gasteiger partial charge in [-0.2, -0.15) is 11.8 Å². The van der Waals surface area contributed by atoms with Crippen molar-refractivity contribution in [2.24, 2.45) is 12.0 Å². The van der Waals surface area contributed by atoms with Gasteiger partial charge < -0.3 is 15.2 Å². The molecule has 0 radical (unpaired) electrons. The van der Waals surface area contributed by atoms with E-state index in [4.69, 9.17) is 0 Å². The zero-order valence-corrected chi connectivity index (χ0v) is 12.4. The Morgan fingerprint density at radius 3 is 3.11 bits per heavy atom. The number of nitrogens with zero attached hydrogens (tertiary/aromatic N) is 4. The Balaban J connectivity index is 1.85. The van der Waals surface area contributed by atoms with Gasteiger partial charge in [0.1, 0.15) is 12.9 Å². The summed E-state index contributed by atoms with van der Waals surface area (Å²) in [6.45, 7) is 4.46. The number of aromatic nitrogens is 3. The van der Waals surface area contributed by atoms with Crippen LogP contribution in [0.4, 0.5) is 0 Å². The van der Waals surface area contributed by atoms with Crippen molar-refractivity contribution in [3.63, 3.8) is 0 Å². The van der Waals surface area contributed by atoms with E-state index < -0.39 is 0 Å². The van der Waals surface area contributed by atoms with Gasteiger partial charge in [0.2, 0.25) is 0 Å². The SMILES string of the molecule is CCNC(=NCc1nncn1C)NCC1CCCS1. The predicted octanol–water partition coefficient (Wildman–Crippen LogP) is 0.766. The first kappa shape index (κ1) is 14.2. The van der Waals surface area contributed by atoms with Crippen molar-refractivity contribution in [1.82, 2.24) is 25.4 Å². The molecule has 6 nitrogen and oxygen atoms in total. The standard InChI is InChI=1S/C12H22N6S/c1-3-13-12(14-7-10-5-4-6-19-10)15-8-11-17-16-9-18(11)2/h9-10H,3-8H2,1-2H3,(H2,13,14,15). The number of aliphatic imine (C=N–C) groups is 1. The largest absolute Gasteiger partial charge is 0.357 e. The van der Waals surface area contributed by atoms with Crippen LogP contribution in [0.2, 0.25) is 0 Å². The van der Waals surface area contributed by atoms with Crippen molar-refractivity contribution < 1.29 is 0 Å². The van der Waals surface area contributed by atoms with Gasteiger partial charge in [0.05, 0.1) is 0 Å². The van der Waals surface area contributed by atoms with E-state index in [9.17, 15) is 0 Å². The van der Waals surface area contributed by atoms with Gasteiger partial charge in [0.25, 0.3) is 0 Å². The Morgan fingerprint density at radius 2 is 2.47 bits per heavy atom. The van der Waals surface area contributed by atoms with E-state index in [-0.39, 0.29) is 0 Å². The molecular weight excluding hydrogens is 260 g/mol. The second-order valence-electron chi connectivity index (χ2n) is 4.57. The van der Waals surface area contributed by atoms with Crippen LogP contribution in [0.5, 0.6) is 0 Å². The highest BCUT2D eigenvalue weighted by molar-refractivity contribution is 8.00. The molecule has 1 aromatic heterocycles. The fraction of sp³-hybridized carbons (Fsp3) is 0.750. The van der Waals surface area contributed by atoms with Crippen LogP contribution in [0.1, 0.15) is 25.6 Å². The van der Waals surface area contributed by atoms with E-state index in [0.29, 0.717) is 6.54 Å². The van der Waals surface area contributed by atoms with Crippen LogP contribution in [0.3, 0.4) is 0 Å². The van der Waals surface area contributed by atoms with Crippen molar-refractivity contribution >= 4 is 17.7 Å². The number of thioether (sulfide) groups is 1. The van der Waals surface area contributed by atoms with Gasteiger partial charge >= 0.3 is 0 Å². The third-order valence-electron chi connectivity index (χ3n) is 3.05. The summed E-state index contributed by atoms with van der Waals surface area (Å²) in [5.74, 6) is 3.02. The molecule has 2 rings (SSSR count). The number of hydrogen-bond donors (Lipinski definition) is 2. The molecule has 0 amide bonds. The maximum Gasteiger partial charge on any atom is 0.191 e. The molecule has 0 aromatic carbocycles. The van der Waals surface area contributed by atoms with E-state index in [1.807, 2.05) is 23.4 Å². The number of guanidine groups is 1. The molecule has 0 bridgehead atoms. The topological polar surface area (TPSA) is 67.1 Å². The molecule has 1 aliphatic rings. The lowest BCUT2D eigenvalue weighted by Gasteiger charge is -2.14. The van der Waals surface area contributed by atoms with Gasteiger partial charge in [-0.05, 0) is 25.5 Å². The van der Waals surface area contributed by atoms with Crippen LogP contribution in [-0.4, -0.2) is 44.8 Å². The zero-order chi connectivity index (χ0) is 13.5. The second-order valence-corrected chi connectivity index (χ2v) is 5.98. The van der Waals surface area contributed by atoms with Crippen molar-refractivity contribution in [2.75, 3.05) is 18.8 Å². The van der Waals surface area contributed by atoms with Crippen molar-refractivity contribution in [1.29, 1.82) is 0 Å². The quantitative estimate of drug-likeness (QED) is 0.617. The van der Waals surface area contributed by atoms with E-state index in [0.717, 1.165) is 30.1 Å². The lowest BCUT2D eigenvalue weighted by atomic mass is 10.2. The van der Waals surface area contributed by atoms with E-state index >= 15 is 0 Å². The normalized spacial score (nSPS) is 19.7. The van der Waals surface area contributed by atoms with Crippen LogP contribution >= 0.6 is 11.8 Å². The van der Waals surface area contributed by atoms with Crippen LogP contribution in [0, 0.1) is 0 Å². The molecule has 0 spiro atoms. The van der Waals surface area contributed by atoms with Gasteiger partial charge in [-0.1, -0.05) is 0 Å². The number of rotatable bonds is 5. The first-order chi connectivity index (χ1) is 9.29. The lowest BCUT2D eigenvalue weighted by Crippen LogP contribution is -2.40. The number of nitrogens with one attached hydrogen (secondary N) is 2. The third-order valence-corrected chi connectivity index (χ3v) is 4.45. The van der Waals surface area contributed by atoms with Crippen LogP contribution in [-0.2, 0) is 13.6 Å². The minimum absolute atomic E-state index is 0.545. The summed E-state index contributed by atoms with van der Waals surface area (Å²) in [4.78, 5) is 4.54. The minimum atomic E-state index is 0.545. The highest BCUT2D eigenvalue weighted by atomic mass is 32.2. The highest BCUT2D eigenvalue weighted by Gasteiger charge is 2.15. The molecule has 1 atom stereocenters. The van der Waals surface area contributed by atoms with Gasteiger partial charge in [-0.15, -0.1) is 10.2 Å². The molecule has 0 aliphatic carbocycles. The molecule has 0 saturated carbocycles. The summed E-state index contributed by atoms with van der Waals surface area (Å²) in [7, 11) is 1.93. The molecule has 1 unspecified atom stereocenters. The fourth-order valence-electron chi connectivity index (χ4n) is 1.96. The van der Waals surface area contributed by atoms with Crippen molar-refractivity contribution in [3.8, 4) is 0 Å². The Hall–Kier alpha value is -1.24. The summed E-state index contributed by atoms with van der Waals surface area (Å²) in [6.07, 6.45) is 4.34. The monoisotopic (exact) mass is 282 g/mol. The molecule has 19 heavy (non-hydrogen) atoms. The van der Waals surface area contributed by atoms with E-state index in [1.165, 1.54) is 18.6 Å². The average Bonchev–Trinajstić information content (AvgIpc) is 3.04. The maximum absolute atomic E-state index is 4.54. The Kier molecular flexibility index (Phi) is 5.50. The lowest BCUT2D eigenvalue weighted by molar-refractivity contribution is 0.721. The minimum Gasteiger partial charge on any atom is -0.357 e. The van der Waals surface area contributed by atoms with Crippen LogP contribution in [0.15, 0.2) is 11.3 Å². The molecule has 1 aromatic rings. The first-order valence-electron chi connectivity index (χ1n) is 6.76. The molecule has 1 saturated heterocycles. The maximum atomic E-state index is 4.54. The molecule has 1 aliphatic heterocycles. The summed E-state index contributed by atoms with van der Waals surface area (Å²) >= 11 is 2.05. The predicted molar refractivity (Wildman–Crippen MR) is 79.3 cm³/mol. The molecule has 7 heteroatoms. The summed E-state index contributed by atoms with van der Waals surface area (Å²) in [6, 6.07) is 0. The summed E-state index contributed by atoms with van der Waals surface area (Å²) < 4.78 is 1.89. The molecule has 2 heterocycles. The summed E-state index contributed by atoms with van der Waals surface area (Å²) in [5.41, 5.74) is 0. The zero-order valence-electron chi connectivity index (χ0n) is 11.6. The molecule has 2 N–H and O–H groups in total. The molecular formula is C12H22N6S. The van der Waals surface area contributed by atoms with E-state index in [1.54, 1.807) is 6.33 Å². The number of aryl methyl sites for hydroxylation is 1. The fourth-order valence-corrected chi connectivity index (χ4v) is 3.16. The Morgan fingerprint density at radius 1 is 1.58 bits per heavy atom. The average molecular weight is 282 g/mol. The van der Waals surface area contributed by atoms with Crippen molar-refractivity contribution in [2.45, 2.75) is 31.6 Å². The smallest absolute Gasteiger partial charge is 0.191 e. The molecule has 106 valence electrons. The molecule has 1 fully saturated rings. The second kappa shape index (κ2) is 7.37. The summed E-state index contributed by atoms with van der Waals surface area (Å²) in [5, 5.41) is 15.3. The Labute approximate surface area is 118 Å². The third kappa shape index (κ3) is 4.41. The highest BCUT2D eigenvalue weighted by Crippen LogP contribution is 2.25. The van der Waals surface area contributed by atoms with Gasteiger partial charge in [0, 0.05) is 25.4 Å². The van der Waals surface area contributed by atoms with Crippen LogP contribution in [0.25, 0.3) is 0 Å². The van der Waals surface area contributed by atoms with E-state index in [2.05, 4.69) is 32.7 Å².